The highest BCUT2D eigenvalue weighted by Gasteiger charge is 2.17. The van der Waals surface area contributed by atoms with Crippen molar-refractivity contribution in [2.24, 2.45) is 0 Å². The van der Waals surface area contributed by atoms with Crippen LogP contribution in [0.2, 0.25) is 0 Å². The number of carbonyl (C=O) groups excluding carboxylic acids is 1. The van der Waals surface area contributed by atoms with E-state index in [1.165, 1.54) is 16.5 Å². The highest BCUT2D eigenvalue weighted by Crippen LogP contribution is 2.18. The summed E-state index contributed by atoms with van der Waals surface area (Å²) in [5.74, 6) is -0.721. The van der Waals surface area contributed by atoms with Crippen LogP contribution in [-0.2, 0) is 22.7 Å². The highest BCUT2D eigenvalue weighted by molar-refractivity contribution is 5.90. The maximum atomic E-state index is 14.0. The van der Waals surface area contributed by atoms with E-state index in [0.717, 1.165) is 15.8 Å². The average molecular weight is 421 g/mol. The summed E-state index contributed by atoms with van der Waals surface area (Å²) >= 11 is 0. The zero-order valence-corrected chi connectivity index (χ0v) is 17.0. The van der Waals surface area contributed by atoms with Crippen LogP contribution in [0.5, 0.6) is 0 Å². The number of methoxy groups -OCH3 is 1. The van der Waals surface area contributed by atoms with E-state index in [4.69, 9.17) is 4.74 Å². The van der Waals surface area contributed by atoms with Crippen LogP contribution in [-0.4, -0.2) is 32.2 Å². The van der Waals surface area contributed by atoms with E-state index >= 15 is 0 Å². The number of benzene rings is 2. The Bertz CT molecular complexity index is 1310. The molecule has 2 aromatic carbocycles. The van der Waals surface area contributed by atoms with Crippen LogP contribution in [0.3, 0.4) is 0 Å². The van der Waals surface area contributed by atoms with Crippen molar-refractivity contribution in [2.75, 3.05) is 12.4 Å². The molecule has 9 heteroatoms. The van der Waals surface area contributed by atoms with Crippen molar-refractivity contribution < 1.29 is 13.9 Å². The topological polar surface area (TPSA) is 90.5 Å². The minimum absolute atomic E-state index is 0.0430. The average Bonchev–Trinajstić information content (AvgIpc) is 3.05. The van der Waals surface area contributed by atoms with Crippen molar-refractivity contribution in [3.8, 4) is 11.4 Å². The molecular formula is C22H20FN5O3. The Balaban J connectivity index is 1.71. The fourth-order valence-corrected chi connectivity index (χ4v) is 3.24. The number of ether oxygens (including phenoxy) is 1. The van der Waals surface area contributed by atoms with E-state index in [9.17, 15) is 14.0 Å². The van der Waals surface area contributed by atoms with E-state index in [1.807, 2.05) is 30.3 Å². The molecular weight excluding hydrogens is 401 g/mol. The monoisotopic (exact) mass is 421 g/mol. The maximum Gasteiger partial charge on any atom is 0.352 e. The van der Waals surface area contributed by atoms with Gasteiger partial charge in [-0.25, -0.2) is 23.3 Å². The van der Waals surface area contributed by atoms with Crippen LogP contribution in [0.25, 0.3) is 17.0 Å². The minimum atomic E-state index is -0.570. The highest BCUT2D eigenvalue weighted by atomic mass is 19.1. The van der Waals surface area contributed by atoms with Crippen LogP contribution >= 0.6 is 0 Å². The first-order valence-electron chi connectivity index (χ1n) is 9.56. The predicted molar refractivity (Wildman–Crippen MR) is 113 cm³/mol. The van der Waals surface area contributed by atoms with Gasteiger partial charge in [0.05, 0.1) is 18.0 Å². The van der Waals surface area contributed by atoms with Crippen LogP contribution in [0.1, 0.15) is 11.3 Å². The van der Waals surface area contributed by atoms with Crippen molar-refractivity contribution in [2.45, 2.75) is 20.1 Å². The Labute approximate surface area is 176 Å². The second-order valence-corrected chi connectivity index (χ2v) is 7.04. The van der Waals surface area contributed by atoms with Gasteiger partial charge in [-0.1, -0.05) is 36.4 Å². The lowest BCUT2D eigenvalue weighted by atomic mass is 10.2. The van der Waals surface area contributed by atoms with Gasteiger partial charge in [0.1, 0.15) is 18.2 Å². The molecule has 8 nitrogen and oxygen atoms in total. The van der Waals surface area contributed by atoms with E-state index in [1.54, 1.807) is 26.2 Å². The first-order chi connectivity index (χ1) is 15.0. The number of hydrogen-bond donors (Lipinski definition) is 1. The molecule has 0 aliphatic heterocycles. The lowest BCUT2D eigenvalue weighted by molar-refractivity contribution is -0.117. The first kappa shape index (κ1) is 20.4. The molecule has 0 unspecified atom stereocenters. The number of anilines is 1. The lowest BCUT2D eigenvalue weighted by Gasteiger charge is -2.07. The molecule has 0 saturated heterocycles. The standard InChI is InChI=1S/C22H20FN5O3/c1-14-8-9-18(17(23)10-14)25-20(29)12-27-22(30)28-19(26-27)11-16(13-31-2)24-21(28)15-6-4-3-5-7-15/h3-11H,12-13H2,1-2H3,(H,25,29). The molecule has 4 aromatic rings. The summed E-state index contributed by atoms with van der Waals surface area (Å²) in [6, 6.07) is 15.3. The van der Waals surface area contributed by atoms with Crippen molar-refractivity contribution in [3.05, 3.63) is 82.2 Å². The van der Waals surface area contributed by atoms with Crippen LogP contribution in [0, 0.1) is 12.7 Å². The quantitative estimate of drug-likeness (QED) is 0.517. The number of rotatable bonds is 6. The molecule has 0 spiro atoms. The Kier molecular flexibility index (Phi) is 5.59. The first-order valence-corrected chi connectivity index (χ1v) is 9.56. The molecule has 0 aliphatic carbocycles. The van der Waals surface area contributed by atoms with E-state index in [2.05, 4.69) is 15.4 Å². The molecule has 0 fully saturated rings. The molecule has 31 heavy (non-hydrogen) atoms. The van der Waals surface area contributed by atoms with Gasteiger partial charge in [-0.15, -0.1) is 5.10 Å². The van der Waals surface area contributed by atoms with Gasteiger partial charge in [-0.05, 0) is 24.6 Å². The smallest absolute Gasteiger partial charge is 0.352 e. The van der Waals surface area contributed by atoms with E-state index in [0.29, 0.717) is 17.2 Å². The van der Waals surface area contributed by atoms with Crippen molar-refractivity contribution in [3.63, 3.8) is 0 Å². The number of amides is 1. The molecule has 2 aromatic heterocycles. The van der Waals surface area contributed by atoms with Gasteiger partial charge in [0.25, 0.3) is 0 Å². The summed E-state index contributed by atoms with van der Waals surface area (Å²) in [4.78, 5) is 30.0. The second kappa shape index (κ2) is 8.49. The summed E-state index contributed by atoms with van der Waals surface area (Å²) in [6.07, 6.45) is 0. The predicted octanol–water partition coefficient (Wildman–Crippen LogP) is 2.79. The van der Waals surface area contributed by atoms with Crippen LogP contribution < -0.4 is 11.0 Å². The SMILES string of the molecule is COCc1cc2nn(CC(=O)Nc3ccc(C)cc3F)c(=O)n2c(-c2ccccc2)n1. The summed E-state index contributed by atoms with van der Waals surface area (Å²) in [5.41, 5.74) is 1.90. The number of halogens is 1. The van der Waals surface area contributed by atoms with Gasteiger partial charge in [0.2, 0.25) is 5.91 Å². The van der Waals surface area contributed by atoms with Crippen molar-refractivity contribution in [1.82, 2.24) is 19.2 Å². The molecule has 4 rings (SSSR count). The van der Waals surface area contributed by atoms with Gasteiger partial charge >= 0.3 is 5.69 Å². The lowest BCUT2D eigenvalue weighted by Crippen LogP contribution is -2.29. The maximum absolute atomic E-state index is 14.0. The van der Waals surface area contributed by atoms with Gasteiger partial charge in [-0.2, -0.15) is 0 Å². The van der Waals surface area contributed by atoms with E-state index in [-0.39, 0.29) is 18.8 Å². The van der Waals surface area contributed by atoms with Crippen molar-refractivity contribution in [1.29, 1.82) is 0 Å². The number of aryl methyl sites for hydroxylation is 1. The summed E-state index contributed by atoms with van der Waals surface area (Å²) < 4.78 is 21.6. The largest absolute Gasteiger partial charge is 0.378 e. The number of carbonyl (C=O) groups is 1. The van der Waals surface area contributed by atoms with Gasteiger partial charge in [-0.3, -0.25) is 4.79 Å². The normalized spacial score (nSPS) is 11.1. The second-order valence-electron chi connectivity index (χ2n) is 7.04. The summed E-state index contributed by atoms with van der Waals surface area (Å²) in [5, 5.41) is 6.75. The molecule has 158 valence electrons. The summed E-state index contributed by atoms with van der Waals surface area (Å²) in [7, 11) is 1.55. The zero-order valence-electron chi connectivity index (χ0n) is 17.0. The Morgan fingerprint density at radius 1 is 1.16 bits per heavy atom. The zero-order chi connectivity index (χ0) is 22.0. The number of hydrogen-bond acceptors (Lipinski definition) is 5. The van der Waals surface area contributed by atoms with Crippen molar-refractivity contribution >= 4 is 17.2 Å². The molecule has 0 aliphatic rings. The minimum Gasteiger partial charge on any atom is -0.378 e. The summed E-state index contributed by atoms with van der Waals surface area (Å²) in [6.45, 7) is 1.62. The molecule has 0 saturated carbocycles. The third-order valence-corrected chi connectivity index (χ3v) is 4.64. The Morgan fingerprint density at radius 2 is 1.94 bits per heavy atom. The Morgan fingerprint density at radius 3 is 2.65 bits per heavy atom. The molecule has 1 amide bonds. The van der Waals surface area contributed by atoms with Crippen LogP contribution in [0.4, 0.5) is 10.1 Å². The molecule has 1 N–H and O–H groups in total. The number of nitrogens with one attached hydrogen (secondary N) is 1. The van der Waals surface area contributed by atoms with Gasteiger partial charge < -0.3 is 10.1 Å². The molecule has 0 bridgehead atoms. The van der Waals surface area contributed by atoms with E-state index < -0.39 is 17.4 Å². The molecule has 0 atom stereocenters. The molecule has 0 radical (unpaired) electrons. The Hall–Kier alpha value is -3.85. The number of aromatic nitrogens is 4. The van der Waals surface area contributed by atoms with Gasteiger partial charge in [0.15, 0.2) is 5.65 Å². The fourth-order valence-electron chi connectivity index (χ4n) is 3.24. The fraction of sp³-hybridized carbons (Fsp3) is 0.182. The third-order valence-electron chi connectivity index (χ3n) is 4.64. The number of nitrogens with zero attached hydrogens (tertiary/aromatic N) is 4. The number of fused-ring (bicyclic) bond motifs is 1. The molecule has 2 heterocycles. The van der Waals surface area contributed by atoms with Gasteiger partial charge in [0, 0.05) is 18.7 Å². The van der Waals surface area contributed by atoms with Crippen LogP contribution in [0.15, 0.2) is 59.4 Å². The third kappa shape index (κ3) is 4.22.